The number of piperidine rings is 1. The molecule has 2 atom stereocenters. The summed E-state index contributed by atoms with van der Waals surface area (Å²) >= 11 is 0. The van der Waals surface area contributed by atoms with Crippen molar-refractivity contribution in [3.8, 4) is 5.75 Å². The maximum Gasteiger partial charge on any atom is 0.136 e. The minimum Gasteiger partial charge on any atom is -0.496 e. The van der Waals surface area contributed by atoms with Crippen LogP contribution in [-0.4, -0.2) is 48.4 Å². The first-order chi connectivity index (χ1) is 13.6. The monoisotopic (exact) mass is 378 g/mol. The van der Waals surface area contributed by atoms with Gasteiger partial charge in [-0.2, -0.15) is 0 Å². The van der Waals surface area contributed by atoms with Gasteiger partial charge in [-0.1, -0.05) is 36.4 Å². The first-order valence-electron chi connectivity index (χ1n) is 10.2. The molecule has 28 heavy (non-hydrogen) atoms. The summed E-state index contributed by atoms with van der Waals surface area (Å²) in [5.74, 6) is 1.31. The number of carbonyl (C=O) groups is 1. The minimum absolute atomic E-state index is 0.190. The SMILES string of the molecule is COc1ccc([C@H]2CC(=O)C[C@H]3CN(Cc4ccccc4)CCN32)c(C)c1C. The lowest BCUT2D eigenvalue weighted by atomic mass is 9.85. The van der Waals surface area contributed by atoms with E-state index in [4.69, 9.17) is 4.74 Å². The fourth-order valence-corrected chi connectivity index (χ4v) is 4.88. The summed E-state index contributed by atoms with van der Waals surface area (Å²) in [7, 11) is 1.72. The van der Waals surface area contributed by atoms with Crippen LogP contribution in [0.25, 0.3) is 0 Å². The molecule has 2 aliphatic heterocycles. The summed E-state index contributed by atoms with van der Waals surface area (Å²) in [6.07, 6.45) is 1.30. The van der Waals surface area contributed by atoms with Crippen LogP contribution < -0.4 is 4.74 Å². The van der Waals surface area contributed by atoms with Gasteiger partial charge in [0.15, 0.2) is 0 Å². The zero-order valence-electron chi connectivity index (χ0n) is 17.1. The summed E-state index contributed by atoms with van der Waals surface area (Å²) in [6.45, 7) is 8.25. The van der Waals surface area contributed by atoms with Crippen molar-refractivity contribution in [2.75, 3.05) is 26.7 Å². The molecule has 4 heteroatoms. The van der Waals surface area contributed by atoms with Crippen LogP contribution in [0.15, 0.2) is 42.5 Å². The van der Waals surface area contributed by atoms with Gasteiger partial charge in [0.1, 0.15) is 11.5 Å². The molecule has 2 fully saturated rings. The van der Waals surface area contributed by atoms with E-state index in [0.717, 1.165) is 31.9 Å². The number of rotatable bonds is 4. The van der Waals surface area contributed by atoms with Crippen LogP contribution in [0.2, 0.25) is 0 Å². The van der Waals surface area contributed by atoms with Gasteiger partial charge in [0.2, 0.25) is 0 Å². The third-order valence-corrected chi connectivity index (χ3v) is 6.50. The Morgan fingerprint density at radius 3 is 2.54 bits per heavy atom. The molecule has 0 N–H and O–H groups in total. The molecule has 0 bridgehead atoms. The highest BCUT2D eigenvalue weighted by atomic mass is 16.5. The van der Waals surface area contributed by atoms with Crippen molar-refractivity contribution in [2.24, 2.45) is 0 Å². The third-order valence-electron chi connectivity index (χ3n) is 6.50. The van der Waals surface area contributed by atoms with Crippen LogP contribution in [0.4, 0.5) is 0 Å². The minimum atomic E-state index is 0.190. The van der Waals surface area contributed by atoms with Crippen molar-refractivity contribution in [1.82, 2.24) is 9.80 Å². The average Bonchev–Trinajstić information content (AvgIpc) is 2.70. The Balaban J connectivity index is 1.54. The predicted molar refractivity (Wildman–Crippen MR) is 112 cm³/mol. The topological polar surface area (TPSA) is 32.8 Å². The van der Waals surface area contributed by atoms with Gasteiger partial charge in [-0.15, -0.1) is 0 Å². The Kier molecular flexibility index (Phi) is 5.51. The van der Waals surface area contributed by atoms with E-state index >= 15 is 0 Å². The van der Waals surface area contributed by atoms with Crippen LogP contribution in [0, 0.1) is 13.8 Å². The number of hydrogen-bond acceptors (Lipinski definition) is 4. The van der Waals surface area contributed by atoms with E-state index in [1.807, 2.05) is 0 Å². The molecule has 0 radical (unpaired) electrons. The number of benzene rings is 2. The summed E-state index contributed by atoms with van der Waals surface area (Å²) in [5.41, 5.74) is 5.06. The van der Waals surface area contributed by atoms with Gasteiger partial charge in [0.05, 0.1) is 7.11 Å². The molecule has 4 nitrogen and oxygen atoms in total. The summed E-state index contributed by atoms with van der Waals surface area (Å²) in [4.78, 5) is 17.7. The second-order valence-corrected chi connectivity index (χ2v) is 8.18. The number of carbonyl (C=O) groups excluding carboxylic acids is 1. The van der Waals surface area contributed by atoms with Gasteiger partial charge >= 0.3 is 0 Å². The summed E-state index contributed by atoms with van der Waals surface area (Å²) in [5, 5.41) is 0. The summed E-state index contributed by atoms with van der Waals surface area (Å²) in [6, 6.07) is 15.3. The third kappa shape index (κ3) is 3.71. The molecule has 2 heterocycles. The number of fused-ring (bicyclic) bond motifs is 1. The molecule has 0 saturated carbocycles. The molecule has 0 spiro atoms. The molecule has 2 aliphatic rings. The molecule has 148 valence electrons. The predicted octanol–water partition coefficient (Wildman–Crippen LogP) is 3.90. The Labute approximate surface area is 168 Å². The number of ether oxygens (including phenoxy) is 1. The molecule has 4 rings (SSSR count). The van der Waals surface area contributed by atoms with E-state index < -0.39 is 0 Å². The van der Waals surface area contributed by atoms with Crippen LogP contribution >= 0.6 is 0 Å². The molecular formula is C24H30N2O2. The van der Waals surface area contributed by atoms with Gasteiger partial charge in [0, 0.05) is 51.1 Å². The molecule has 0 amide bonds. The Bertz CT molecular complexity index is 849. The zero-order valence-corrected chi connectivity index (χ0v) is 17.1. The first kappa shape index (κ1) is 19.2. The standard InChI is InChI=1S/C24H30N2O2/c1-17-18(2)24(28-3)10-9-22(17)23-14-21(27)13-20-16-25(11-12-26(20)23)15-19-7-5-4-6-8-19/h4-10,20,23H,11-16H2,1-3H3/t20-,23+/m0/s1. The van der Waals surface area contributed by atoms with Crippen molar-refractivity contribution >= 4 is 5.78 Å². The van der Waals surface area contributed by atoms with E-state index in [0.29, 0.717) is 24.7 Å². The number of hydrogen-bond donors (Lipinski definition) is 0. The summed E-state index contributed by atoms with van der Waals surface area (Å²) < 4.78 is 5.48. The van der Waals surface area contributed by atoms with Gasteiger partial charge < -0.3 is 4.74 Å². The van der Waals surface area contributed by atoms with Crippen LogP contribution in [-0.2, 0) is 11.3 Å². The largest absolute Gasteiger partial charge is 0.496 e. The zero-order chi connectivity index (χ0) is 19.7. The van der Waals surface area contributed by atoms with E-state index in [1.54, 1.807) is 7.11 Å². The lowest BCUT2D eigenvalue weighted by Crippen LogP contribution is -2.57. The molecule has 0 aromatic heterocycles. The van der Waals surface area contributed by atoms with Gasteiger partial charge in [-0.05, 0) is 42.2 Å². The fraction of sp³-hybridized carbons (Fsp3) is 0.458. The smallest absolute Gasteiger partial charge is 0.136 e. The highest BCUT2D eigenvalue weighted by Crippen LogP contribution is 2.38. The van der Waals surface area contributed by atoms with Crippen molar-refractivity contribution in [1.29, 1.82) is 0 Å². The van der Waals surface area contributed by atoms with Crippen molar-refractivity contribution < 1.29 is 9.53 Å². The lowest BCUT2D eigenvalue weighted by Gasteiger charge is -2.48. The average molecular weight is 379 g/mol. The number of ketones is 1. The van der Waals surface area contributed by atoms with Crippen molar-refractivity contribution in [3.05, 3.63) is 64.7 Å². The van der Waals surface area contributed by atoms with Gasteiger partial charge in [0.25, 0.3) is 0 Å². The molecule has 0 aliphatic carbocycles. The number of nitrogens with zero attached hydrogens (tertiary/aromatic N) is 2. The van der Waals surface area contributed by atoms with Crippen LogP contribution in [0.1, 0.15) is 41.1 Å². The Hall–Kier alpha value is -2.17. The maximum absolute atomic E-state index is 12.6. The highest BCUT2D eigenvalue weighted by Gasteiger charge is 2.39. The van der Waals surface area contributed by atoms with E-state index in [9.17, 15) is 4.79 Å². The van der Waals surface area contributed by atoms with Gasteiger partial charge in [-0.25, -0.2) is 0 Å². The van der Waals surface area contributed by atoms with Crippen molar-refractivity contribution in [2.45, 2.75) is 45.3 Å². The highest BCUT2D eigenvalue weighted by molar-refractivity contribution is 5.81. The Morgan fingerprint density at radius 2 is 1.79 bits per heavy atom. The molecule has 2 saturated heterocycles. The Morgan fingerprint density at radius 1 is 1.00 bits per heavy atom. The molecule has 2 aromatic rings. The molecular weight excluding hydrogens is 348 g/mol. The second kappa shape index (κ2) is 8.06. The van der Waals surface area contributed by atoms with Gasteiger partial charge in [-0.3, -0.25) is 14.6 Å². The van der Waals surface area contributed by atoms with E-state index in [2.05, 4.69) is 66.1 Å². The lowest BCUT2D eigenvalue weighted by molar-refractivity contribution is -0.127. The molecule has 0 unspecified atom stereocenters. The van der Waals surface area contributed by atoms with Crippen LogP contribution in [0.5, 0.6) is 5.75 Å². The number of Topliss-reactive ketones (excluding diaryl/α,β-unsaturated/α-hetero) is 1. The fourth-order valence-electron chi connectivity index (χ4n) is 4.88. The van der Waals surface area contributed by atoms with Crippen LogP contribution in [0.3, 0.4) is 0 Å². The quantitative estimate of drug-likeness (QED) is 0.808. The number of piperazine rings is 1. The van der Waals surface area contributed by atoms with Crippen molar-refractivity contribution in [3.63, 3.8) is 0 Å². The van der Waals surface area contributed by atoms with E-state index in [1.165, 1.54) is 22.3 Å². The van der Waals surface area contributed by atoms with E-state index in [-0.39, 0.29) is 6.04 Å². The molecule has 2 aromatic carbocycles. The maximum atomic E-state index is 12.6. The number of methoxy groups -OCH3 is 1. The normalized spacial score (nSPS) is 23.5. The second-order valence-electron chi connectivity index (χ2n) is 8.18. The first-order valence-corrected chi connectivity index (χ1v) is 10.2.